The molecule has 0 heterocycles. The van der Waals surface area contributed by atoms with Crippen molar-refractivity contribution in [3.05, 3.63) is 0 Å². The van der Waals surface area contributed by atoms with Crippen LogP contribution in [0, 0.1) is 0 Å². The van der Waals surface area contributed by atoms with Gasteiger partial charge in [-0.2, -0.15) is 0 Å². The third-order valence-corrected chi connectivity index (χ3v) is 2.60. The standard InChI is InChI=1S/C12H27N.H2O4S/c1-2-3-4-5-6-7-8-9-10-11-12-13;1-5(2,3)4/h2-13H2,1H3;(H2,1,2,3,4)/p-1. The number of quaternary nitrogens is 1. The van der Waals surface area contributed by atoms with E-state index < -0.39 is 10.4 Å². The predicted molar refractivity (Wildman–Crippen MR) is 70.1 cm³/mol. The Kier molecular flexibility index (Phi) is 16.7. The Morgan fingerprint density at radius 3 is 1.33 bits per heavy atom. The quantitative estimate of drug-likeness (QED) is 0.374. The second-order valence-corrected chi connectivity index (χ2v) is 5.26. The van der Waals surface area contributed by atoms with Crippen LogP contribution in [0.3, 0.4) is 0 Å². The van der Waals surface area contributed by atoms with E-state index in [0.29, 0.717) is 0 Å². The van der Waals surface area contributed by atoms with Crippen LogP contribution in [0.15, 0.2) is 0 Å². The van der Waals surface area contributed by atoms with Crippen LogP contribution in [-0.2, 0) is 10.4 Å². The zero-order valence-electron chi connectivity index (χ0n) is 11.5. The van der Waals surface area contributed by atoms with E-state index in [0.717, 1.165) is 6.54 Å². The molecule has 0 atom stereocenters. The molecule has 6 heteroatoms. The van der Waals surface area contributed by atoms with E-state index in [1.165, 1.54) is 64.2 Å². The average molecular weight is 282 g/mol. The van der Waals surface area contributed by atoms with Crippen molar-refractivity contribution in [1.82, 2.24) is 0 Å². The highest BCUT2D eigenvalue weighted by Gasteiger charge is 1.91. The minimum absolute atomic E-state index is 1.12. The van der Waals surface area contributed by atoms with Gasteiger partial charge in [0.05, 0.1) is 6.54 Å². The van der Waals surface area contributed by atoms with E-state index in [1.54, 1.807) is 0 Å². The van der Waals surface area contributed by atoms with Crippen molar-refractivity contribution in [3.63, 3.8) is 0 Å². The summed E-state index contributed by atoms with van der Waals surface area (Å²) in [4.78, 5) is 0. The third kappa shape index (κ3) is 36.0. The predicted octanol–water partition coefficient (Wildman–Crippen LogP) is 1.81. The van der Waals surface area contributed by atoms with Crippen molar-refractivity contribution in [1.29, 1.82) is 0 Å². The van der Waals surface area contributed by atoms with Gasteiger partial charge in [0.2, 0.25) is 0 Å². The van der Waals surface area contributed by atoms with Crippen LogP contribution in [0.4, 0.5) is 0 Å². The van der Waals surface area contributed by atoms with Crippen molar-refractivity contribution in [2.45, 2.75) is 71.1 Å². The van der Waals surface area contributed by atoms with Gasteiger partial charge in [-0.3, -0.25) is 8.42 Å². The highest BCUT2D eigenvalue weighted by molar-refractivity contribution is 7.79. The SMILES string of the molecule is CCCCCCCCCCCC[NH3+].O=S(=O)([O-])[O-]. The summed E-state index contributed by atoms with van der Waals surface area (Å²) < 4.78 is 34.1. The molecule has 0 aromatic rings. The first-order valence-electron chi connectivity index (χ1n) is 6.87. The van der Waals surface area contributed by atoms with Crippen LogP contribution in [0.2, 0.25) is 0 Å². The van der Waals surface area contributed by atoms with Crippen molar-refractivity contribution < 1.29 is 23.3 Å². The number of hydrogen-bond acceptors (Lipinski definition) is 4. The van der Waals surface area contributed by atoms with Gasteiger partial charge in [-0.05, 0) is 12.8 Å². The summed E-state index contributed by atoms with van der Waals surface area (Å²) in [5, 5.41) is 0. The van der Waals surface area contributed by atoms with Crippen molar-refractivity contribution >= 4 is 10.4 Å². The third-order valence-electron chi connectivity index (χ3n) is 2.60. The van der Waals surface area contributed by atoms with Gasteiger partial charge < -0.3 is 14.8 Å². The van der Waals surface area contributed by atoms with Gasteiger partial charge >= 0.3 is 0 Å². The van der Waals surface area contributed by atoms with Gasteiger partial charge in [-0.25, -0.2) is 0 Å². The van der Waals surface area contributed by atoms with E-state index in [9.17, 15) is 0 Å². The van der Waals surface area contributed by atoms with Crippen molar-refractivity contribution in [2.75, 3.05) is 6.54 Å². The summed E-state index contributed by atoms with van der Waals surface area (Å²) in [7, 11) is -5.17. The van der Waals surface area contributed by atoms with Gasteiger partial charge in [0.15, 0.2) is 0 Å². The van der Waals surface area contributed by atoms with Crippen molar-refractivity contribution in [3.8, 4) is 0 Å². The number of hydrogen-bond donors (Lipinski definition) is 1. The molecule has 0 saturated heterocycles. The second kappa shape index (κ2) is 14.9. The maximum absolute atomic E-state index is 8.52. The van der Waals surface area contributed by atoms with Crippen LogP contribution in [-0.4, -0.2) is 24.1 Å². The molecule has 18 heavy (non-hydrogen) atoms. The van der Waals surface area contributed by atoms with E-state index in [-0.39, 0.29) is 0 Å². The molecule has 0 unspecified atom stereocenters. The smallest absolute Gasteiger partial charge is 0.0739 e. The average Bonchev–Trinajstić information content (AvgIpc) is 2.25. The highest BCUT2D eigenvalue weighted by Crippen LogP contribution is 2.09. The van der Waals surface area contributed by atoms with Gasteiger partial charge in [0.1, 0.15) is 0 Å². The Bertz CT molecular complexity index is 224. The van der Waals surface area contributed by atoms with E-state index >= 15 is 0 Å². The minimum Gasteiger partial charge on any atom is -0.759 e. The van der Waals surface area contributed by atoms with Gasteiger partial charge in [0.25, 0.3) is 0 Å². The molecule has 0 aromatic carbocycles. The van der Waals surface area contributed by atoms with E-state index in [4.69, 9.17) is 17.5 Å². The first-order valence-corrected chi connectivity index (χ1v) is 8.21. The molecule has 0 rings (SSSR count). The molecule has 5 nitrogen and oxygen atoms in total. The molecule has 0 radical (unpaired) electrons. The molecule has 0 bridgehead atoms. The molecule has 3 N–H and O–H groups in total. The Labute approximate surface area is 112 Å². The number of rotatable bonds is 10. The highest BCUT2D eigenvalue weighted by atomic mass is 32.3. The summed E-state index contributed by atoms with van der Waals surface area (Å²) in [6.45, 7) is 3.40. The zero-order valence-corrected chi connectivity index (χ0v) is 12.3. The van der Waals surface area contributed by atoms with Crippen LogP contribution >= 0.6 is 0 Å². The van der Waals surface area contributed by atoms with E-state index in [1.807, 2.05) is 0 Å². The summed E-state index contributed by atoms with van der Waals surface area (Å²) in [5.74, 6) is 0. The summed E-state index contributed by atoms with van der Waals surface area (Å²) in [5.41, 5.74) is 3.85. The lowest BCUT2D eigenvalue weighted by molar-refractivity contribution is -0.368. The summed E-state index contributed by atoms with van der Waals surface area (Å²) >= 11 is 0. The number of unbranched alkanes of at least 4 members (excludes halogenated alkanes) is 9. The topological polar surface area (TPSA) is 108 Å². The molecular weight excluding hydrogens is 254 g/mol. The molecule has 0 amide bonds. The lowest BCUT2D eigenvalue weighted by Crippen LogP contribution is -2.50. The molecule has 0 aromatic heterocycles. The molecule has 0 fully saturated rings. The minimum atomic E-state index is -5.17. The van der Waals surface area contributed by atoms with Gasteiger partial charge in [-0.1, -0.05) is 58.3 Å². The van der Waals surface area contributed by atoms with Crippen LogP contribution in [0.1, 0.15) is 71.1 Å². The maximum atomic E-state index is 8.52. The first-order chi connectivity index (χ1) is 8.41. The Morgan fingerprint density at radius 1 is 0.778 bits per heavy atom. The fraction of sp³-hybridized carbons (Fsp3) is 1.00. The lowest BCUT2D eigenvalue weighted by Gasteiger charge is -2.06. The van der Waals surface area contributed by atoms with Crippen LogP contribution < -0.4 is 5.73 Å². The van der Waals surface area contributed by atoms with Gasteiger partial charge in [0, 0.05) is 10.4 Å². The van der Waals surface area contributed by atoms with Crippen LogP contribution in [0.5, 0.6) is 0 Å². The normalized spacial score (nSPS) is 10.9. The van der Waals surface area contributed by atoms with Crippen molar-refractivity contribution in [2.24, 2.45) is 0 Å². The molecule has 112 valence electrons. The second-order valence-electron chi connectivity index (χ2n) is 4.44. The van der Waals surface area contributed by atoms with Crippen LogP contribution in [0.25, 0.3) is 0 Å². The molecule has 0 spiro atoms. The molecule has 0 aliphatic carbocycles. The fourth-order valence-corrected chi connectivity index (χ4v) is 1.66. The zero-order chi connectivity index (χ0) is 14.3. The molecule has 0 aliphatic heterocycles. The largest absolute Gasteiger partial charge is 0.759 e. The summed E-state index contributed by atoms with van der Waals surface area (Å²) in [6.07, 6.45) is 14.2. The molecular formula is C12H28NO4S-. The Hall–Kier alpha value is -0.170. The molecule has 0 saturated carbocycles. The summed E-state index contributed by atoms with van der Waals surface area (Å²) in [6, 6.07) is 0. The lowest BCUT2D eigenvalue weighted by atomic mass is 10.1. The van der Waals surface area contributed by atoms with Gasteiger partial charge in [-0.15, -0.1) is 0 Å². The Morgan fingerprint density at radius 2 is 1.06 bits per heavy atom. The molecule has 0 aliphatic rings. The van der Waals surface area contributed by atoms with E-state index in [2.05, 4.69) is 12.7 Å². The first kappa shape index (κ1) is 20.2. The Balaban J connectivity index is 0. The maximum Gasteiger partial charge on any atom is 0.0739 e. The monoisotopic (exact) mass is 282 g/mol. The fourth-order valence-electron chi connectivity index (χ4n) is 1.66.